The molecule has 5 heavy (non-hydrogen) atoms. The summed E-state index contributed by atoms with van der Waals surface area (Å²) in [6.45, 7) is 1.93. The Morgan fingerprint density at radius 2 is 1.40 bits per heavy atom. The average molecular weight is 173 g/mol. The van der Waals surface area contributed by atoms with Crippen LogP contribution in [0.1, 0.15) is 6.92 Å². The predicted octanol–water partition coefficient (Wildman–Crippen LogP) is -0.00640. The van der Waals surface area contributed by atoms with Gasteiger partial charge in [0, 0.05) is 40.7 Å². The van der Waals surface area contributed by atoms with Crippen molar-refractivity contribution in [3.05, 3.63) is 0 Å². The van der Waals surface area contributed by atoms with Gasteiger partial charge in [-0.2, -0.15) is 0 Å². The Kier molecular flexibility index (Phi) is 66.7. The summed E-state index contributed by atoms with van der Waals surface area (Å²) in [7, 11) is 0. The number of aliphatic hydroxyl groups is 1. The van der Waals surface area contributed by atoms with E-state index in [9.17, 15) is 0 Å². The number of rotatable bonds is 0. The molecule has 2 radical (unpaired) electrons. The van der Waals surface area contributed by atoms with Crippen molar-refractivity contribution in [1.29, 1.82) is 0 Å². The van der Waals surface area contributed by atoms with E-state index in [1.165, 1.54) is 0 Å². The minimum absolute atomic E-state index is 0. The van der Waals surface area contributed by atoms with E-state index in [1.807, 2.05) is 0 Å². The molecular weight excluding hydrogens is 167 g/mol. The van der Waals surface area contributed by atoms with E-state index in [2.05, 4.69) is 0 Å². The van der Waals surface area contributed by atoms with Gasteiger partial charge in [-0.05, 0) is 6.92 Å². The van der Waals surface area contributed by atoms with Gasteiger partial charge in [-0.3, -0.25) is 0 Å². The second kappa shape index (κ2) is 20.0. The van der Waals surface area contributed by atoms with Crippen LogP contribution in [0.2, 0.25) is 0 Å². The Morgan fingerprint density at radius 1 is 1.40 bits per heavy atom. The molecule has 0 aromatic carbocycles. The SMILES string of the molecule is CCO.[Cu].[Cu]. The zero-order valence-electron chi connectivity index (χ0n) is 2.76. The summed E-state index contributed by atoms with van der Waals surface area (Å²) in [5.41, 5.74) is 0. The van der Waals surface area contributed by atoms with Gasteiger partial charge in [-0.1, -0.05) is 0 Å². The van der Waals surface area contributed by atoms with Gasteiger partial charge in [-0.25, -0.2) is 0 Å². The third-order valence-electron chi connectivity index (χ3n) is 0. The van der Waals surface area contributed by atoms with Crippen LogP contribution in [-0.4, -0.2) is 11.7 Å². The Bertz CT molecular complexity index is 7.61. The normalized spacial score (nSPS) is 3.60. The molecule has 0 aromatic heterocycles. The second-order valence-corrected chi connectivity index (χ2v) is 0.316. The van der Waals surface area contributed by atoms with E-state index < -0.39 is 0 Å². The average Bonchev–Trinajstić information content (AvgIpc) is 0.918. The van der Waals surface area contributed by atoms with Gasteiger partial charge in [0.25, 0.3) is 0 Å². The van der Waals surface area contributed by atoms with E-state index in [-0.39, 0.29) is 40.7 Å². The summed E-state index contributed by atoms with van der Waals surface area (Å²) < 4.78 is 0. The van der Waals surface area contributed by atoms with Crippen molar-refractivity contribution in [2.75, 3.05) is 6.61 Å². The molecule has 0 aliphatic carbocycles. The summed E-state index contributed by atoms with van der Waals surface area (Å²) >= 11 is 0. The standard InChI is InChI=1S/C2H6O.2Cu/c1-2-3;;/h3H,2H2,1H3;;. The fourth-order valence-corrected chi connectivity index (χ4v) is 0. The molecule has 0 rings (SSSR count). The molecule has 0 saturated heterocycles. The number of hydrogen-bond acceptors (Lipinski definition) is 1. The van der Waals surface area contributed by atoms with Gasteiger partial charge in [-0.15, -0.1) is 0 Å². The van der Waals surface area contributed by atoms with Gasteiger partial charge in [0.1, 0.15) is 0 Å². The maximum Gasteiger partial charge on any atom is 0.0402 e. The predicted molar refractivity (Wildman–Crippen MR) is 12.8 cm³/mol. The van der Waals surface area contributed by atoms with Gasteiger partial charge >= 0.3 is 0 Å². The number of hydrogen-bond donors (Lipinski definition) is 1. The smallest absolute Gasteiger partial charge is 0.0402 e. The monoisotopic (exact) mass is 172 g/mol. The van der Waals surface area contributed by atoms with Crippen molar-refractivity contribution >= 4 is 0 Å². The van der Waals surface area contributed by atoms with Gasteiger partial charge in [0.15, 0.2) is 0 Å². The molecule has 0 bridgehead atoms. The Hall–Kier alpha value is 0.999. The van der Waals surface area contributed by atoms with E-state index in [0.717, 1.165) is 0 Å². The maximum absolute atomic E-state index is 7.57. The maximum atomic E-state index is 7.57. The molecule has 0 amide bonds. The Balaban J connectivity index is -0.0000000200. The molecule has 0 spiro atoms. The zero-order chi connectivity index (χ0) is 2.71. The van der Waals surface area contributed by atoms with Crippen molar-refractivity contribution in [2.24, 2.45) is 0 Å². The van der Waals surface area contributed by atoms with Crippen LogP contribution in [0, 0.1) is 0 Å². The van der Waals surface area contributed by atoms with Gasteiger partial charge < -0.3 is 5.11 Å². The molecule has 0 heterocycles. The molecule has 42 valence electrons. The van der Waals surface area contributed by atoms with Crippen LogP contribution < -0.4 is 0 Å². The van der Waals surface area contributed by atoms with Crippen LogP contribution in [-0.2, 0) is 34.1 Å². The Labute approximate surface area is 53.1 Å². The quantitative estimate of drug-likeness (QED) is 0.511. The van der Waals surface area contributed by atoms with E-state index in [1.54, 1.807) is 6.92 Å². The minimum atomic E-state index is 0. The molecule has 0 aromatic rings. The van der Waals surface area contributed by atoms with E-state index in [4.69, 9.17) is 5.11 Å². The molecule has 1 N–H and O–H groups in total. The van der Waals surface area contributed by atoms with Crippen molar-refractivity contribution in [2.45, 2.75) is 6.92 Å². The summed E-state index contributed by atoms with van der Waals surface area (Å²) in [5, 5.41) is 7.57. The first-order valence-electron chi connectivity index (χ1n) is 1.02. The first kappa shape index (κ1) is 16.7. The fourth-order valence-electron chi connectivity index (χ4n) is 0. The topological polar surface area (TPSA) is 20.2 Å². The molecule has 3 heteroatoms. The molecule has 0 aliphatic rings. The van der Waals surface area contributed by atoms with Crippen LogP contribution in [0.3, 0.4) is 0 Å². The molecule has 1 nitrogen and oxygen atoms in total. The van der Waals surface area contributed by atoms with Crippen LogP contribution >= 0.6 is 0 Å². The molecular formula is C2H6Cu2O. The first-order valence-corrected chi connectivity index (χ1v) is 1.02. The largest absolute Gasteiger partial charge is 0.397 e. The van der Waals surface area contributed by atoms with E-state index >= 15 is 0 Å². The molecule has 0 unspecified atom stereocenters. The first-order chi connectivity index (χ1) is 1.41. The van der Waals surface area contributed by atoms with Crippen LogP contribution in [0.25, 0.3) is 0 Å². The van der Waals surface area contributed by atoms with Crippen molar-refractivity contribution in [3.8, 4) is 0 Å². The molecule has 0 atom stereocenters. The van der Waals surface area contributed by atoms with Crippen molar-refractivity contribution in [1.82, 2.24) is 0 Å². The summed E-state index contributed by atoms with van der Waals surface area (Å²) in [6, 6.07) is 0. The van der Waals surface area contributed by atoms with E-state index in [0.29, 0.717) is 0 Å². The third kappa shape index (κ3) is 45.1. The van der Waals surface area contributed by atoms with Gasteiger partial charge in [0.2, 0.25) is 0 Å². The third-order valence-corrected chi connectivity index (χ3v) is 0. The molecule has 0 saturated carbocycles. The van der Waals surface area contributed by atoms with Crippen molar-refractivity contribution < 1.29 is 39.2 Å². The van der Waals surface area contributed by atoms with Crippen LogP contribution in [0.4, 0.5) is 0 Å². The molecule has 0 aliphatic heterocycles. The van der Waals surface area contributed by atoms with Crippen LogP contribution in [0.15, 0.2) is 0 Å². The molecule has 0 fully saturated rings. The van der Waals surface area contributed by atoms with Gasteiger partial charge in [0.05, 0.1) is 0 Å². The summed E-state index contributed by atoms with van der Waals surface area (Å²) in [6.07, 6.45) is 0. The minimum Gasteiger partial charge on any atom is -0.397 e. The summed E-state index contributed by atoms with van der Waals surface area (Å²) in [5.74, 6) is 0. The summed E-state index contributed by atoms with van der Waals surface area (Å²) in [4.78, 5) is 0. The number of aliphatic hydroxyl groups excluding tert-OH is 1. The van der Waals surface area contributed by atoms with Crippen LogP contribution in [0.5, 0.6) is 0 Å². The fraction of sp³-hybridized carbons (Fsp3) is 1.00. The van der Waals surface area contributed by atoms with Crippen molar-refractivity contribution in [3.63, 3.8) is 0 Å². The second-order valence-electron chi connectivity index (χ2n) is 0.316. The Morgan fingerprint density at radius 3 is 1.40 bits per heavy atom. The zero-order valence-corrected chi connectivity index (χ0v) is 4.64.